The number of carbonyl (C=O) groups excluding carboxylic acids is 2. The van der Waals surface area contributed by atoms with E-state index in [2.05, 4.69) is 0 Å². The van der Waals surface area contributed by atoms with Crippen LogP contribution in [-0.2, 0) is 21.1 Å². The van der Waals surface area contributed by atoms with Crippen molar-refractivity contribution in [3.8, 4) is 0 Å². The van der Waals surface area contributed by atoms with Crippen molar-refractivity contribution in [2.24, 2.45) is 0 Å². The Morgan fingerprint density at radius 3 is 2.36 bits per heavy atom. The van der Waals surface area contributed by atoms with Gasteiger partial charge in [-0.2, -0.15) is 0 Å². The van der Waals surface area contributed by atoms with Crippen LogP contribution in [0.4, 0.5) is 0 Å². The third-order valence-electron chi connectivity index (χ3n) is 4.94. The molecule has 3 heterocycles. The number of fused-ring (bicyclic) bond motifs is 1. The van der Waals surface area contributed by atoms with Crippen molar-refractivity contribution in [2.75, 3.05) is 24.6 Å². The van der Waals surface area contributed by atoms with E-state index in [4.69, 9.17) is 0 Å². The lowest BCUT2D eigenvalue weighted by Gasteiger charge is -2.43. The van der Waals surface area contributed by atoms with Gasteiger partial charge in [0.25, 0.3) is 5.91 Å². The van der Waals surface area contributed by atoms with E-state index >= 15 is 0 Å². The molecule has 138 valence electrons. The van der Waals surface area contributed by atoms with Crippen LogP contribution >= 0.6 is 11.3 Å². The van der Waals surface area contributed by atoms with Gasteiger partial charge in [0, 0.05) is 24.4 Å². The molecule has 0 radical (unpaired) electrons. The Bertz CT molecular complexity index is 771. The van der Waals surface area contributed by atoms with E-state index in [1.165, 1.54) is 11.3 Å². The summed E-state index contributed by atoms with van der Waals surface area (Å²) in [5.74, 6) is -0.210. The number of rotatable bonds is 4. The molecular formula is C17H24N2O4S2. The van der Waals surface area contributed by atoms with Crippen molar-refractivity contribution >= 4 is 33.0 Å². The molecule has 2 fully saturated rings. The normalized spacial score (nSPS) is 25.0. The van der Waals surface area contributed by atoms with Gasteiger partial charge in [0.1, 0.15) is 0 Å². The van der Waals surface area contributed by atoms with Gasteiger partial charge in [-0.05, 0) is 25.0 Å². The molecule has 6 nitrogen and oxygen atoms in total. The Balaban J connectivity index is 1.85. The van der Waals surface area contributed by atoms with Crippen LogP contribution in [0.25, 0.3) is 0 Å². The Labute approximate surface area is 152 Å². The molecule has 0 bridgehead atoms. The number of amides is 2. The fraction of sp³-hybridized carbons (Fsp3) is 0.647. The molecule has 0 N–H and O–H groups in total. The van der Waals surface area contributed by atoms with Crippen molar-refractivity contribution in [3.63, 3.8) is 0 Å². The number of hydrogen-bond donors (Lipinski definition) is 0. The fourth-order valence-corrected chi connectivity index (χ4v) is 6.58. The summed E-state index contributed by atoms with van der Waals surface area (Å²) in [5, 5.41) is 0. The summed E-state index contributed by atoms with van der Waals surface area (Å²) in [7, 11) is -3.24. The van der Waals surface area contributed by atoms with Crippen molar-refractivity contribution in [1.29, 1.82) is 0 Å². The minimum absolute atomic E-state index is 0.00825. The van der Waals surface area contributed by atoms with E-state index in [0.29, 0.717) is 24.4 Å². The zero-order chi connectivity index (χ0) is 18.2. The van der Waals surface area contributed by atoms with Crippen LogP contribution in [0, 0.1) is 0 Å². The SMILES string of the molecule is CCCC(=O)N1CCN(C(=O)c2ccc(CC)s2)C2CS(=O)(=O)CC21. The lowest BCUT2D eigenvalue weighted by atomic mass is 10.0. The van der Waals surface area contributed by atoms with Crippen LogP contribution < -0.4 is 0 Å². The smallest absolute Gasteiger partial charge is 0.264 e. The van der Waals surface area contributed by atoms with Crippen molar-refractivity contribution in [3.05, 3.63) is 21.9 Å². The molecule has 2 saturated heterocycles. The number of nitrogens with zero attached hydrogens (tertiary/aromatic N) is 2. The van der Waals surface area contributed by atoms with E-state index in [-0.39, 0.29) is 23.3 Å². The molecule has 2 aliphatic heterocycles. The first-order valence-corrected chi connectivity index (χ1v) is 11.4. The Morgan fingerprint density at radius 1 is 1.12 bits per heavy atom. The third-order valence-corrected chi connectivity index (χ3v) is 7.86. The topological polar surface area (TPSA) is 74.8 Å². The monoisotopic (exact) mass is 384 g/mol. The second-order valence-electron chi connectivity index (χ2n) is 6.67. The predicted octanol–water partition coefficient (Wildman–Crippen LogP) is 1.56. The molecule has 0 spiro atoms. The zero-order valence-corrected chi connectivity index (χ0v) is 16.2. The molecule has 0 aliphatic carbocycles. The van der Waals surface area contributed by atoms with Crippen LogP contribution in [0.3, 0.4) is 0 Å². The first-order valence-electron chi connectivity index (χ1n) is 8.76. The standard InChI is InChI=1S/C17H24N2O4S2/c1-3-5-16(20)18-8-9-19(14-11-25(22,23)10-13(14)18)17(21)15-7-6-12(4-2)24-15/h6-7,13-14H,3-5,8-11H2,1-2H3. The largest absolute Gasteiger partial charge is 0.335 e. The summed E-state index contributed by atoms with van der Waals surface area (Å²) in [6.45, 7) is 4.78. The van der Waals surface area contributed by atoms with Gasteiger partial charge in [0.15, 0.2) is 9.84 Å². The minimum Gasteiger partial charge on any atom is -0.335 e. The summed E-state index contributed by atoms with van der Waals surface area (Å²) >= 11 is 1.46. The first kappa shape index (κ1) is 18.4. The van der Waals surface area contributed by atoms with Gasteiger partial charge in [-0.1, -0.05) is 13.8 Å². The highest BCUT2D eigenvalue weighted by atomic mass is 32.2. The van der Waals surface area contributed by atoms with E-state index in [0.717, 1.165) is 17.7 Å². The van der Waals surface area contributed by atoms with Crippen LogP contribution in [-0.4, -0.2) is 66.7 Å². The quantitative estimate of drug-likeness (QED) is 0.790. The second-order valence-corrected chi connectivity index (χ2v) is 9.99. The average molecular weight is 385 g/mol. The molecule has 25 heavy (non-hydrogen) atoms. The van der Waals surface area contributed by atoms with E-state index in [1.54, 1.807) is 9.80 Å². The summed E-state index contributed by atoms with van der Waals surface area (Å²) in [6.07, 6.45) is 2.02. The van der Waals surface area contributed by atoms with Crippen molar-refractivity contribution in [2.45, 2.75) is 45.2 Å². The lowest BCUT2D eigenvalue weighted by molar-refractivity contribution is -0.136. The number of aryl methyl sites for hydroxylation is 1. The summed E-state index contributed by atoms with van der Waals surface area (Å²) in [6, 6.07) is 2.92. The zero-order valence-electron chi connectivity index (χ0n) is 14.6. The molecule has 2 aliphatic rings. The molecule has 0 aromatic carbocycles. The van der Waals surface area contributed by atoms with E-state index in [1.807, 2.05) is 26.0 Å². The summed E-state index contributed by atoms with van der Waals surface area (Å²) in [4.78, 5) is 30.4. The van der Waals surface area contributed by atoms with Crippen LogP contribution in [0.2, 0.25) is 0 Å². The number of thiophene rings is 1. The Morgan fingerprint density at radius 2 is 1.76 bits per heavy atom. The minimum atomic E-state index is -3.24. The van der Waals surface area contributed by atoms with Gasteiger partial charge >= 0.3 is 0 Å². The third kappa shape index (κ3) is 3.60. The maximum absolute atomic E-state index is 12.9. The lowest BCUT2D eigenvalue weighted by Crippen LogP contribution is -2.61. The molecule has 2 amide bonds. The van der Waals surface area contributed by atoms with Gasteiger partial charge in [0.2, 0.25) is 5.91 Å². The molecule has 1 aromatic rings. The highest BCUT2D eigenvalue weighted by molar-refractivity contribution is 7.91. The van der Waals surface area contributed by atoms with Gasteiger partial charge in [0.05, 0.1) is 28.5 Å². The van der Waals surface area contributed by atoms with E-state index < -0.39 is 21.9 Å². The summed E-state index contributed by atoms with van der Waals surface area (Å²) < 4.78 is 24.4. The highest BCUT2D eigenvalue weighted by Gasteiger charge is 2.49. The Kier molecular flexibility index (Phi) is 5.20. The molecular weight excluding hydrogens is 360 g/mol. The van der Waals surface area contributed by atoms with Crippen LogP contribution in [0.15, 0.2) is 12.1 Å². The molecule has 3 rings (SSSR count). The second kappa shape index (κ2) is 7.07. The van der Waals surface area contributed by atoms with Gasteiger partial charge in [-0.3, -0.25) is 9.59 Å². The molecule has 8 heteroatoms. The number of carbonyl (C=O) groups is 2. The van der Waals surface area contributed by atoms with Crippen LogP contribution in [0.1, 0.15) is 41.2 Å². The summed E-state index contributed by atoms with van der Waals surface area (Å²) in [5.41, 5.74) is 0. The fourth-order valence-electron chi connectivity index (χ4n) is 3.70. The maximum atomic E-state index is 12.9. The highest BCUT2D eigenvalue weighted by Crippen LogP contribution is 2.30. The van der Waals surface area contributed by atoms with Crippen LogP contribution in [0.5, 0.6) is 0 Å². The number of sulfone groups is 1. The van der Waals surface area contributed by atoms with Gasteiger partial charge < -0.3 is 9.80 Å². The molecule has 2 atom stereocenters. The molecule has 0 saturated carbocycles. The number of piperazine rings is 1. The number of hydrogen-bond acceptors (Lipinski definition) is 5. The van der Waals surface area contributed by atoms with Crippen molar-refractivity contribution in [1.82, 2.24) is 9.80 Å². The Hall–Kier alpha value is -1.41. The average Bonchev–Trinajstić information content (AvgIpc) is 3.16. The van der Waals surface area contributed by atoms with Crippen molar-refractivity contribution < 1.29 is 18.0 Å². The van der Waals surface area contributed by atoms with Gasteiger partial charge in [-0.15, -0.1) is 11.3 Å². The maximum Gasteiger partial charge on any atom is 0.264 e. The first-order chi connectivity index (χ1) is 11.9. The molecule has 1 aromatic heterocycles. The molecule has 2 unspecified atom stereocenters. The predicted molar refractivity (Wildman–Crippen MR) is 97.6 cm³/mol. The van der Waals surface area contributed by atoms with E-state index in [9.17, 15) is 18.0 Å². The van der Waals surface area contributed by atoms with Gasteiger partial charge in [-0.25, -0.2) is 8.42 Å².